The van der Waals surface area contributed by atoms with Crippen molar-refractivity contribution in [2.24, 2.45) is 0 Å². The summed E-state index contributed by atoms with van der Waals surface area (Å²) < 4.78 is 23.4. The van der Waals surface area contributed by atoms with Crippen molar-refractivity contribution in [2.45, 2.75) is 43.9 Å². The van der Waals surface area contributed by atoms with Gasteiger partial charge in [-0.3, -0.25) is 4.79 Å². The lowest BCUT2D eigenvalue weighted by molar-refractivity contribution is -0.605. The van der Waals surface area contributed by atoms with Crippen molar-refractivity contribution in [1.82, 2.24) is 10.2 Å². The van der Waals surface area contributed by atoms with Crippen LogP contribution in [0.15, 0.2) is 73.1 Å². The van der Waals surface area contributed by atoms with Gasteiger partial charge in [0.05, 0.1) is 20.1 Å². The van der Waals surface area contributed by atoms with Gasteiger partial charge in [-0.15, -0.1) is 11.3 Å². The molecule has 0 spiro atoms. The minimum absolute atomic E-state index is 0.0828. The number of benzene rings is 2. The Labute approximate surface area is 300 Å². The average molecular weight is 729 g/mol. The molecule has 10 nitrogen and oxygen atoms in total. The number of nitrogens with zero attached hydrogens (tertiary/aromatic N) is 2. The molecule has 1 aliphatic rings. The Kier molecular flexibility index (Phi) is 12.8. The van der Waals surface area contributed by atoms with Crippen LogP contribution in [0.25, 0.3) is 0 Å². The van der Waals surface area contributed by atoms with Crippen LogP contribution in [0.4, 0.5) is 0 Å². The lowest BCUT2D eigenvalue weighted by Crippen LogP contribution is -2.37. The molecule has 1 unspecified atom stereocenters. The highest BCUT2D eigenvalue weighted by Gasteiger charge is 2.28. The Bertz CT molecular complexity index is 1710. The van der Waals surface area contributed by atoms with Crippen molar-refractivity contribution < 1.29 is 33.3 Å². The molecule has 1 saturated heterocycles. The highest BCUT2D eigenvalue weighted by atomic mass is 35.5. The van der Waals surface area contributed by atoms with E-state index >= 15 is 0 Å². The second-order valence-electron chi connectivity index (χ2n) is 11.8. The van der Waals surface area contributed by atoms with Crippen LogP contribution < -0.4 is 19.5 Å². The average Bonchev–Trinajstić information content (AvgIpc) is 3.58. The molecule has 2 aromatic heterocycles. The maximum atomic E-state index is 13.5. The van der Waals surface area contributed by atoms with E-state index in [9.17, 15) is 14.8 Å². The van der Waals surface area contributed by atoms with Crippen LogP contribution in [0.3, 0.4) is 0 Å². The summed E-state index contributed by atoms with van der Waals surface area (Å²) >= 11 is 14.1. The van der Waals surface area contributed by atoms with Gasteiger partial charge in [0.1, 0.15) is 27.1 Å². The van der Waals surface area contributed by atoms with Crippen molar-refractivity contribution in [3.8, 4) is 11.5 Å². The van der Waals surface area contributed by atoms with Crippen LogP contribution in [-0.4, -0.2) is 63.8 Å². The molecule has 2 atom stereocenters. The number of esters is 2. The van der Waals surface area contributed by atoms with E-state index in [0.717, 1.165) is 36.4 Å². The summed E-state index contributed by atoms with van der Waals surface area (Å²) in [4.78, 5) is 30.4. The van der Waals surface area contributed by atoms with Crippen molar-refractivity contribution in [2.75, 3.05) is 40.9 Å². The number of aromatic nitrogens is 1. The van der Waals surface area contributed by atoms with E-state index < -0.39 is 18.0 Å². The van der Waals surface area contributed by atoms with Crippen LogP contribution in [-0.2, 0) is 27.2 Å². The van der Waals surface area contributed by atoms with Gasteiger partial charge >= 0.3 is 11.9 Å². The molecule has 13 heteroatoms. The predicted octanol–water partition coefficient (Wildman–Crippen LogP) is 6.36. The van der Waals surface area contributed by atoms with Crippen LogP contribution >= 0.6 is 34.5 Å². The Hall–Kier alpha value is -3.87. The molecule has 1 aliphatic heterocycles. The van der Waals surface area contributed by atoms with Crippen LogP contribution in [0, 0.1) is 5.21 Å². The second-order valence-corrected chi connectivity index (χ2v) is 13.8. The van der Waals surface area contributed by atoms with E-state index in [4.69, 9.17) is 42.1 Å². The lowest BCUT2D eigenvalue weighted by atomic mass is 9.98. The monoisotopic (exact) mass is 727 g/mol. The first-order valence-electron chi connectivity index (χ1n) is 15.9. The zero-order valence-corrected chi connectivity index (χ0v) is 29.9. The molecule has 0 aliphatic carbocycles. The van der Waals surface area contributed by atoms with E-state index in [0.29, 0.717) is 45.3 Å². The molecule has 0 saturated carbocycles. The number of carbonyl (C=O) groups excluding carboxylic acids is 2. The highest BCUT2D eigenvalue weighted by molar-refractivity contribution is 7.13. The van der Waals surface area contributed by atoms with Gasteiger partial charge in [0.25, 0.3) is 0 Å². The summed E-state index contributed by atoms with van der Waals surface area (Å²) in [7, 11) is 5.12. The van der Waals surface area contributed by atoms with Crippen molar-refractivity contribution >= 4 is 46.5 Å². The number of rotatable bonds is 14. The van der Waals surface area contributed by atoms with Crippen molar-refractivity contribution in [1.29, 1.82) is 0 Å². The molecule has 2 aromatic carbocycles. The minimum atomic E-state index is -0.823. The largest absolute Gasteiger partial charge is 0.619 e. The first-order valence-corrected chi connectivity index (χ1v) is 17.4. The number of hydrogen-bond acceptors (Lipinski definition) is 10. The maximum Gasteiger partial charge on any atom is 0.348 e. The van der Waals surface area contributed by atoms with Gasteiger partial charge in [-0.25, -0.2) is 4.79 Å². The number of nitrogens with one attached hydrogen (secondary N) is 1. The van der Waals surface area contributed by atoms with Crippen LogP contribution in [0.2, 0.25) is 10.0 Å². The molecule has 1 N–H and O–H groups in total. The molecule has 5 rings (SSSR count). The minimum Gasteiger partial charge on any atom is -0.619 e. The van der Waals surface area contributed by atoms with Gasteiger partial charge in [0, 0.05) is 43.0 Å². The molecular formula is C36H39Cl2N3O7S. The third-order valence-corrected chi connectivity index (χ3v) is 10.1. The van der Waals surface area contributed by atoms with Gasteiger partial charge in [-0.1, -0.05) is 59.6 Å². The number of likely N-dealkylation sites (tertiary alicyclic amines) is 1. The fraction of sp³-hybridized carbons (Fsp3) is 0.361. The number of methoxy groups -OCH3 is 2. The summed E-state index contributed by atoms with van der Waals surface area (Å²) in [5.74, 6) is -0.285. The fourth-order valence-electron chi connectivity index (χ4n) is 5.67. The van der Waals surface area contributed by atoms with E-state index in [1.165, 1.54) is 38.0 Å². The second kappa shape index (κ2) is 17.2. The molecule has 3 heterocycles. The van der Waals surface area contributed by atoms with Gasteiger partial charge in [0.2, 0.25) is 0 Å². The molecule has 1 fully saturated rings. The third kappa shape index (κ3) is 9.64. The topological polar surface area (TPSA) is 113 Å². The number of carbonyl (C=O) groups is 2. The van der Waals surface area contributed by atoms with Crippen LogP contribution in [0.1, 0.15) is 56.1 Å². The molecular weight excluding hydrogens is 689 g/mol. The molecule has 0 amide bonds. The van der Waals surface area contributed by atoms with Gasteiger partial charge < -0.3 is 34.4 Å². The Morgan fingerprint density at radius 2 is 1.67 bits per heavy atom. The predicted molar refractivity (Wildman–Crippen MR) is 189 cm³/mol. The zero-order chi connectivity index (χ0) is 34.9. The van der Waals surface area contributed by atoms with Crippen LogP contribution in [0.5, 0.6) is 11.5 Å². The summed E-state index contributed by atoms with van der Waals surface area (Å²) in [5.41, 5.74) is 1.96. The van der Waals surface area contributed by atoms with Gasteiger partial charge in [0.15, 0.2) is 23.9 Å². The summed E-state index contributed by atoms with van der Waals surface area (Å²) in [6.45, 7) is 2.61. The van der Waals surface area contributed by atoms with E-state index in [2.05, 4.69) is 17.3 Å². The number of thiophene rings is 1. The summed E-state index contributed by atoms with van der Waals surface area (Å²) in [6.07, 6.45) is 3.25. The first-order chi connectivity index (χ1) is 23.6. The van der Waals surface area contributed by atoms with Gasteiger partial charge in [-0.05, 0) is 55.3 Å². The lowest BCUT2D eigenvalue weighted by Gasteiger charge is -2.30. The Morgan fingerprint density at radius 1 is 0.980 bits per heavy atom. The molecule has 0 radical (unpaired) electrons. The highest BCUT2D eigenvalue weighted by Crippen LogP contribution is 2.36. The van der Waals surface area contributed by atoms with E-state index in [1.54, 1.807) is 24.3 Å². The molecule has 4 aromatic rings. The third-order valence-electron chi connectivity index (χ3n) is 8.42. The standard InChI is InChI=1S/C36H39Cl2N3O7S/c1-40-15-13-25(14-16-40)47-35(42)28(23-7-5-4-6-8-23)20-39-19-26-10-12-34(49-26)36(43)48-32(18-27-29(37)21-41(44)22-30(27)38)24-9-11-31(45-2)33(17-24)46-3/h4-12,17,21-22,25,28,32,39H,13-16,18-20H2,1-3H3/t28?,32-/m0/s1. The normalized spacial score (nSPS) is 15.0. The zero-order valence-electron chi connectivity index (χ0n) is 27.5. The summed E-state index contributed by atoms with van der Waals surface area (Å²) in [5, 5.41) is 15.5. The quantitative estimate of drug-likeness (QED) is 0.0901. The fourth-order valence-corrected chi connectivity index (χ4v) is 7.13. The van der Waals surface area contributed by atoms with Crippen molar-refractivity contribution in [3.63, 3.8) is 0 Å². The SMILES string of the molecule is COc1ccc([C@H](Cc2c(Cl)c[n+]([O-])cc2Cl)OC(=O)c2ccc(CNCC(C(=O)OC3CCN(C)CC3)c3ccccc3)s2)cc1OC. The number of piperidine rings is 1. The summed E-state index contributed by atoms with van der Waals surface area (Å²) in [6, 6.07) is 18.4. The number of ether oxygens (including phenoxy) is 4. The van der Waals surface area contributed by atoms with Gasteiger partial charge in [-0.2, -0.15) is 4.73 Å². The number of hydrogen-bond donors (Lipinski definition) is 1. The number of pyridine rings is 1. The smallest absolute Gasteiger partial charge is 0.348 e. The number of halogens is 2. The molecule has 49 heavy (non-hydrogen) atoms. The van der Waals surface area contributed by atoms with E-state index in [1.807, 2.05) is 36.4 Å². The van der Waals surface area contributed by atoms with Crippen molar-refractivity contribution in [3.05, 3.63) is 115 Å². The van der Waals surface area contributed by atoms with E-state index in [-0.39, 0.29) is 28.5 Å². The maximum absolute atomic E-state index is 13.5. The first kappa shape index (κ1) is 36.4. The molecule has 260 valence electrons. The Balaban J connectivity index is 1.27. The Morgan fingerprint density at radius 3 is 2.35 bits per heavy atom. The molecule has 0 bridgehead atoms.